The van der Waals surface area contributed by atoms with Crippen LogP contribution in [0.4, 0.5) is 0 Å². The maximum absolute atomic E-state index is 11.1. The van der Waals surface area contributed by atoms with Crippen molar-refractivity contribution in [2.24, 2.45) is 0 Å². The lowest BCUT2D eigenvalue weighted by Gasteiger charge is -1.99. The van der Waals surface area contributed by atoms with Crippen molar-refractivity contribution in [1.29, 1.82) is 0 Å². The van der Waals surface area contributed by atoms with Crippen molar-refractivity contribution in [3.8, 4) is 11.5 Å². The van der Waals surface area contributed by atoms with Crippen LogP contribution >= 0.6 is 0 Å². The minimum atomic E-state index is -0.400. The first-order valence-electron chi connectivity index (χ1n) is 5.32. The molecule has 0 saturated carbocycles. The summed E-state index contributed by atoms with van der Waals surface area (Å²) in [6.45, 7) is 1.77. The van der Waals surface area contributed by atoms with Crippen LogP contribution in [0.15, 0.2) is 29.1 Å². The first-order valence-corrected chi connectivity index (χ1v) is 5.32. The van der Waals surface area contributed by atoms with E-state index in [-0.39, 0.29) is 11.5 Å². The van der Waals surface area contributed by atoms with Gasteiger partial charge in [0.1, 0.15) is 0 Å². The van der Waals surface area contributed by atoms with E-state index in [0.717, 1.165) is 5.69 Å². The summed E-state index contributed by atoms with van der Waals surface area (Å²) in [6, 6.07) is 6.20. The van der Waals surface area contributed by atoms with Crippen LogP contribution in [-0.4, -0.2) is 20.2 Å². The zero-order chi connectivity index (χ0) is 13.1. The molecule has 2 rings (SSSR count). The highest BCUT2D eigenvalue weighted by molar-refractivity contribution is 5.69. The molecule has 0 aliphatic heterocycles. The Hall–Kier alpha value is -2.56. The van der Waals surface area contributed by atoms with Gasteiger partial charge in [-0.25, -0.2) is 4.79 Å². The summed E-state index contributed by atoms with van der Waals surface area (Å²) < 4.78 is 0. The lowest BCUT2D eigenvalue weighted by Crippen LogP contribution is -2.11. The van der Waals surface area contributed by atoms with E-state index >= 15 is 0 Å². The second-order valence-electron chi connectivity index (χ2n) is 3.88. The molecule has 1 aromatic carbocycles. The minimum absolute atomic E-state index is 0.169. The highest BCUT2D eigenvalue weighted by atomic mass is 16.3. The van der Waals surface area contributed by atoms with Gasteiger partial charge in [0.15, 0.2) is 11.5 Å². The Kier molecular flexibility index (Phi) is 3.14. The van der Waals surface area contributed by atoms with Crippen LogP contribution < -0.4 is 5.69 Å². The van der Waals surface area contributed by atoms with E-state index in [1.54, 1.807) is 31.2 Å². The Morgan fingerprint density at radius 3 is 2.61 bits per heavy atom. The molecule has 0 amide bonds. The Labute approximate surface area is 103 Å². The maximum Gasteiger partial charge on any atom is 0.345 e. The van der Waals surface area contributed by atoms with Crippen molar-refractivity contribution in [3.63, 3.8) is 0 Å². The van der Waals surface area contributed by atoms with Crippen molar-refractivity contribution in [2.45, 2.75) is 6.92 Å². The molecule has 2 aromatic rings. The average molecular weight is 244 g/mol. The fourth-order valence-corrected chi connectivity index (χ4v) is 1.52. The molecule has 3 N–H and O–H groups in total. The van der Waals surface area contributed by atoms with Gasteiger partial charge in [-0.3, -0.25) is 0 Å². The van der Waals surface area contributed by atoms with Crippen LogP contribution in [0, 0.1) is 6.92 Å². The molecule has 0 saturated heterocycles. The molecule has 0 aliphatic rings. The SMILES string of the molecule is Cc1cc(C=Cc2ccc(O)c(O)c2)nc(=O)[nH]1. The number of phenols is 2. The summed E-state index contributed by atoms with van der Waals surface area (Å²) in [4.78, 5) is 17.5. The van der Waals surface area contributed by atoms with Crippen LogP contribution in [0.5, 0.6) is 11.5 Å². The molecule has 0 bridgehead atoms. The average Bonchev–Trinajstić information content (AvgIpc) is 2.29. The first kappa shape index (κ1) is 11.9. The lowest BCUT2D eigenvalue weighted by atomic mass is 10.1. The number of hydrogen-bond donors (Lipinski definition) is 3. The number of aryl methyl sites for hydroxylation is 1. The molecular weight excluding hydrogens is 232 g/mol. The smallest absolute Gasteiger partial charge is 0.345 e. The third kappa shape index (κ3) is 2.76. The zero-order valence-corrected chi connectivity index (χ0v) is 9.71. The van der Waals surface area contributed by atoms with E-state index in [9.17, 15) is 9.90 Å². The normalized spacial score (nSPS) is 10.9. The Morgan fingerprint density at radius 2 is 1.94 bits per heavy atom. The Bertz CT molecular complexity index is 660. The predicted octanol–water partition coefficient (Wildman–Crippen LogP) is 1.66. The molecule has 5 heteroatoms. The Balaban J connectivity index is 2.29. The van der Waals surface area contributed by atoms with Crippen LogP contribution in [0.3, 0.4) is 0 Å². The number of aromatic hydroxyl groups is 2. The Morgan fingerprint density at radius 1 is 1.17 bits per heavy atom. The van der Waals surface area contributed by atoms with Gasteiger partial charge in [-0.15, -0.1) is 0 Å². The highest BCUT2D eigenvalue weighted by Gasteiger charge is 1.98. The number of H-pyrrole nitrogens is 1. The molecule has 0 aliphatic carbocycles. The molecule has 1 aromatic heterocycles. The summed E-state index contributed by atoms with van der Waals surface area (Å²) in [6.07, 6.45) is 3.36. The molecule has 0 radical (unpaired) electrons. The number of hydrogen-bond acceptors (Lipinski definition) is 4. The monoisotopic (exact) mass is 244 g/mol. The van der Waals surface area contributed by atoms with Gasteiger partial charge >= 0.3 is 5.69 Å². The number of aromatic nitrogens is 2. The van der Waals surface area contributed by atoms with E-state index in [0.29, 0.717) is 11.3 Å². The van der Waals surface area contributed by atoms with Gasteiger partial charge in [-0.1, -0.05) is 12.1 Å². The van der Waals surface area contributed by atoms with E-state index in [4.69, 9.17) is 5.11 Å². The molecule has 92 valence electrons. The van der Waals surface area contributed by atoms with Gasteiger partial charge < -0.3 is 15.2 Å². The molecule has 0 atom stereocenters. The number of phenolic OH excluding ortho intramolecular Hbond substituents is 2. The van der Waals surface area contributed by atoms with Gasteiger partial charge in [0.05, 0.1) is 5.69 Å². The number of benzene rings is 1. The number of aromatic amines is 1. The van der Waals surface area contributed by atoms with Gasteiger partial charge in [-0.2, -0.15) is 4.98 Å². The predicted molar refractivity (Wildman–Crippen MR) is 68.3 cm³/mol. The van der Waals surface area contributed by atoms with Crippen molar-refractivity contribution < 1.29 is 10.2 Å². The van der Waals surface area contributed by atoms with Crippen LogP contribution in [0.2, 0.25) is 0 Å². The summed E-state index contributed by atoms with van der Waals surface area (Å²) in [5.41, 5.74) is 1.56. The van der Waals surface area contributed by atoms with Crippen molar-refractivity contribution in [1.82, 2.24) is 9.97 Å². The fourth-order valence-electron chi connectivity index (χ4n) is 1.52. The number of rotatable bonds is 2. The largest absolute Gasteiger partial charge is 0.504 e. The highest BCUT2D eigenvalue weighted by Crippen LogP contribution is 2.25. The molecule has 0 spiro atoms. The minimum Gasteiger partial charge on any atom is -0.504 e. The number of nitrogens with one attached hydrogen (secondary N) is 1. The fraction of sp³-hybridized carbons (Fsp3) is 0.0769. The van der Waals surface area contributed by atoms with E-state index in [1.165, 1.54) is 12.1 Å². The molecule has 5 nitrogen and oxygen atoms in total. The third-order valence-electron chi connectivity index (χ3n) is 2.35. The molecule has 1 heterocycles. The molecular formula is C13H12N2O3. The molecule has 0 unspecified atom stereocenters. The van der Waals surface area contributed by atoms with Crippen LogP contribution in [0.1, 0.15) is 17.0 Å². The topological polar surface area (TPSA) is 86.2 Å². The second-order valence-corrected chi connectivity index (χ2v) is 3.88. The second kappa shape index (κ2) is 4.75. The van der Waals surface area contributed by atoms with E-state index in [1.807, 2.05) is 0 Å². The summed E-state index contributed by atoms with van der Waals surface area (Å²) in [5, 5.41) is 18.5. The van der Waals surface area contributed by atoms with Gasteiger partial charge in [0, 0.05) is 5.69 Å². The standard InChI is InChI=1S/C13H12N2O3/c1-8-6-10(15-13(18)14-8)4-2-9-3-5-11(16)12(17)7-9/h2-7,16-17H,1H3,(H,14,15,18). The third-order valence-corrected chi connectivity index (χ3v) is 2.35. The van der Waals surface area contributed by atoms with E-state index in [2.05, 4.69) is 9.97 Å². The number of nitrogens with zero attached hydrogens (tertiary/aromatic N) is 1. The van der Waals surface area contributed by atoms with Gasteiger partial charge in [0.2, 0.25) is 0 Å². The van der Waals surface area contributed by atoms with Crippen molar-refractivity contribution in [2.75, 3.05) is 0 Å². The van der Waals surface area contributed by atoms with E-state index < -0.39 is 5.69 Å². The summed E-state index contributed by atoms with van der Waals surface area (Å²) in [5.74, 6) is -0.357. The summed E-state index contributed by atoms with van der Waals surface area (Å²) in [7, 11) is 0. The molecule has 0 fully saturated rings. The van der Waals surface area contributed by atoms with Crippen LogP contribution in [0.25, 0.3) is 12.2 Å². The van der Waals surface area contributed by atoms with Crippen molar-refractivity contribution in [3.05, 3.63) is 51.7 Å². The van der Waals surface area contributed by atoms with Crippen molar-refractivity contribution >= 4 is 12.2 Å². The first-order chi connectivity index (χ1) is 8.54. The maximum atomic E-state index is 11.1. The van der Waals surface area contributed by atoms with Gasteiger partial charge in [0.25, 0.3) is 0 Å². The molecule has 18 heavy (non-hydrogen) atoms. The quantitative estimate of drug-likeness (QED) is 0.701. The lowest BCUT2D eigenvalue weighted by molar-refractivity contribution is 0.403. The van der Waals surface area contributed by atoms with Gasteiger partial charge in [-0.05, 0) is 36.8 Å². The summed E-state index contributed by atoms with van der Waals surface area (Å²) >= 11 is 0. The zero-order valence-electron chi connectivity index (χ0n) is 9.71. The van der Waals surface area contributed by atoms with Crippen LogP contribution in [-0.2, 0) is 0 Å².